The maximum absolute atomic E-state index is 13.8. The largest absolute Gasteiger partial charge is 0.390 e. The van der Waals surface area contributed by atoms with Gasteiger partial charge >= 0.3 is 0 Å². The third-order valence-electron chi connectivity index (χ3n) is 8.81. The molecule has 1 aliphatic rings. The van der Waals surface area contributed by atoms with Crippen molar-refractivity contribution in [3.8, 4) is 24.2 Å². The Balaban J connectivity index is 2.25. The van der Waals surface area contributed by atoms with Gasteiger partial charge in [-0.05, 0) is 58.2 Å². The molecule has 0 aliphatic heterocycles. The summed E-state index contributed by atoms with van der Waals surface area (Å²) < 4.78 is 0. The number of unbranched alkanes of at least 4 members (excludes halogenated alkanes) is 1. The fourth-order valence-corrected chi connectivity index (χ4v) is 5.90. The van der Waals surface area contributed by atoms with Crippen LogP contribution in [-0.4, -0.2) is 96.3 Å². The van der Waals surface area contributed by atoms with Gasteiger partial charge in [-0.3, -0.25) is 14.4 Å². The van der Waals surface area contributed by atoms with Gasteiger partial charge in [0.25, 0.3) is 0 Å². The van der Waals surface area contributed by atoms with Crippen molar-refractivity contribution in [3.63, 3.8) is 0 Å². The summed E-state index contributed by atoms with van der Waals surface area (Å²) in [7, 11) is 5.61. The number of aliphatic hydroxyl groups is 2. The summed E-state index contributed by atoms with van der Waals surface area (Å²) in [6, 6.07) is 7.81. The highest BCUT2D eigenvalue weighted by Gasteiger charge is 2.34. The van der Waals surface area contributed by atoms with Gasteiger partial charge in [-0.25, -0.2) is 0 Å². The molecule has 46 heavy (non-hydrogen) atoms. The fourth-order valence-electron chi connectivity index (χ4n) is 5.90. The standard InChI is InChI=1S/C37H56N4O5/c1-6-8-12-22-33(42)35(44)32(26-29-19-15-11-16-20-29)39-37(46)31(21-9-7-2)38-36(45)30(25-28-17-13-10-14-18-28)27-34(43)41(5)24-23-40(3)4/h1,10,13-14,17-18,29-33,35,42,44H,8,11-12,15-16,19-27H2,2-5H3,(H,38,45)(H,39,46)/t30?,31-,32?,33?,35+/m0/s1. The van der Waals surface area contributed by atoms with Crippen molar-refractivity contribution in [1.29, 1.82) is 0 Å². The minimum atomic E-state index is -1.18. The molecule has 1 fully saturated rings. The molecule has 0 bridgehead atoms. The van der Waals surface area contributed by atoms with Crippen molar-refractivity contribution in [2.75, 3.05) is 34.2 Å². The molecule has 1 aromatic carbocycles. The molecule has 0 aromatic heterocycles. The number of likely N-dealkylation sites (N-methyl/N-ethyl adjacent to an activating group) is 2. The number of rotatable bonds is 19. The van der Waals surface area contributed by atoms with Crippen molar-refractivity contribution in [2.24, 2.45) is 11.8 Å². The van der Waals surface area contributed by atoms with E-state index in [2.05, 4.69) is 28.4 Å². The number of aliphatic hydroxyl groups excluding tert-OH is 2. The molecule has 0 radical (unpaired) electrons. The maximum atomic E-state index is 13.8. The average Bonchev–Trinajstić information content (AvgIpc) is 3.05. The van der Waals surface area contributed by atoms with Crippen LogP contribution < -0.4 is 10.6 Å². The summed E-state index contributed by atoms with van der Waals surface area (Å²) in [5.74, 6) is 6.85. The number of terminal acetylenes is 1. The lowest BCUT2D eigenvalue weighted by atomic mass is 9.82. The molecule has 4 N–H and O–H groups in total. The van der Waals surface area contributed by atoms with Gasteiger partial charge in [-0.2, -0.15) is 0 Å². The molecule has 254 valence electrons. The Labute approximate surface area is 276 Å². The average molecular weight is 637 g/mol. The highest BCUT2D eigenvalue weighted by molar-refractivity contribution is 5.91. The van der Waals surface area contributed by atoms with Crippen LogP contribution in [0.5, 0.6) is 0 Å². The van der Waals surface area contributed by atoms with Crippen LogP contribution in [-0.2, 0) is 20.8 Å². The predicted molar refractivity (Wildman–Crippen MR) is 182 cm³/mol. The third kappa shape index (κ3) is 14.4. The van der Waals surface area contributed by atoms with E-state index in [1.54, 1.807) is 18.9 Å². The Kier molecular flexibility index (Phi) is 18.1. The van der Waals surface area contributed by atoms with Crippen molar-refractivity contribution in [2.45, 2.75) is 108 Å². The quantitative estimate of drug-likeness (QED) is 0.137. The minimum absolute atomic E-state index is 0.00861. The van der Waals surface area contributed by atoms with E-state index in [0.29, 0.717) is 51.1 Å². The van der Waals surface area contributed by atoms with E-state index in [9.17, 15) is 24.6 Å². The molecule has 3 unspecified atom stereocenters. The summed E-state index contributed by atoms with van der Waals surface area (Å²) in [5.41, 5.74) is 0.912. The third-order valence-corrected chi connectivity index (χ3v) is 8.81. The van der Waals surface area contributed by atoms with Crippen molar-refractivity contribution in [1.82, 2.24) is 20.4 Å². The van der Waals surface area contributed by atoms with E-state index < -0.39 is 42.0 Å². The van der Waals surface area contributed by atoms with E-state index in [1.807, 2.05) is 49.3 Å². The van der Waals surface area contributed by atoms with E-state index in [0.717, 1.165) is 31.2 Å². The van der Waals surface area contributed by atoms with Crippen LogP contribution in [0.15, 0.2) is 30.3 Å². The number of hydrogen-bond donors (Lipinski definition) is 4. The minimum Gasteiger partial charge on any atom is -0.390 e. The van der Waals surface area contributed by atoms with Gasteiger partial charge in [-0.1, -0.05) is 62.4 Å². The Morgan fingerprint density at radius 2 is 1.70 bits per heavy atom. The van der Waals surface area contributed by atoms with E-state index >= 15 is 0 Å². The monoisotopic (exact) mass is 636 g/mol. The van der Waals surface area contributed by atoms with Gasteiger partial charge in [0, 0.05) is 39.4 Å². The molecule has 0 heterocycles. The Hall–Kier alpha value is -3.37. The molecule has 1 aliphatic carbocycles. The molecular weight excluding hydrogens is 580 g/mol. The Bertz CT molecular complexity index is 1170. The first-order valence-electron chi connectivity index (χ1n) is 16.8. The number of benzene rings is 1. The molecular formula is C37H56N4O5. The van der Waals surface area contributed by atoms with Crippen LogP contribution in [0.2, 0.25) is 0 Å². The Morgan fingerprint density at radius 1 is 1.00 bits per heavy atom. The highest BCUT2D eigenvalue weighted by Crippen LogP contribution is 2.29. The van der Waals surface area contributed by atoms with Crippen LogP contribution in [0.4, 0.5) is 0 Å². The summed E-state index contributed by atoms with van der Waals surface area (Å²) >= 11 is 0. The molecule has 5 atom stereocenters. The smallest absolute Gasteiger partial charge is 0.243 e. The summed E-state index contributed by atoms with van der Waals surface area (Å²) in [4.78, 5) is 44.4. The predicted octanol–water partition coefficient (Wildman–Crippen LogP) is 3.13. The first-order chi connectivity index (χ1) is 22.0. The van der Waals surface area contributed by atoms with Gasteiger partial charge in [0.15, 0.2) is 0 Å². The van der Waals surface area contributed by atoms with Crippen LogP contribution in [0.3, 0.4) is 0 Å². The zero-order valence-electron chi connectivity index (χ0n) is 28.3. The molecule has 9 heteroatoms. The zero-order valence-corrected chi connectivity index (χ0v) is 28.3. The lowest BCUT2D eigenvalue weighted by Gasteiger charge is -2.33. The summed E-state index contributed by atoms with van der Waals surface area (Å²) in [5, 5.41) is 27.9. The zero-order chi connectivity index (χ0) is 33.9. The maximum Gasteiger partial charge on any atom is 0.243 e. The second-order valence-corrected chi connectivity index (χ2v) is 12.9. The summed E-state index contributed by atoms with van der Waals surface area (Å²) in [6.07, 6.45) is 10.8. The van der Waals surface area contributed by atoms with Gasteiger partial charge in [0.2, 0.25) is 17.7 Å². The Morgan fingerprint density at radius 3 is 2.33 bits per heavy atom. The molecule has 0 saturated heterocycles. The number of nitrogens with zero attached hydrogens (tertiary/aromatic N) is 2. The second kappa shape index (κ2) is 21.4. The lowest BCUT2D eigenvalue weighted by molar-refractivity contribution is -0.136. The molecule has 0 spiro atoms. The normalized spacial score (nSPS) is 16.6. The van der Waals surface area contributed by atoms with Gasteiger partial charge in [0.05, 0.1) is 24.2 Å². The lowest BCUT2D eigenvalue weighted by Crippen LogP contribution is -2.56. The summed E-state index contributed by atoms with van der Waals surface area (Å²) in [6.45, 7) is 2.89. The number of carbonyl (C=O) groups excluding carboxylic acids is 3. The highest BCUT2D eigenvalue weighted by atomic mass is 16.3. The van der Waals surface area contributed by atoms with Crippen molar-refractivity contribution < 1.29 is 24.6 Å². The molecule has 3 amide bonds. The number of amides is 3. The van der Waals surface area contributed by atoms with Gasteiger partial charge < -0.3 is 30.6 Å². The van der Waals surface area contributed by atoms with E-state index in [1.165, 1.54) is 6.42 Å². The first-order valence-corrected chi connectivity index (χ1v) is 16.8. The second-order valence-electron chi connectivity index (χ2n) is 12.9. The number of nitrogens with one attached hydrogen (secondary N) is 2. The van der Waals surface area contributed by atoms with E-state index in [4.69, 9.17) is 6.42 Å². The molecule has 9 nitrogen and oxygen atoms in total. The molecule has 1 saturated carbocycles. The number of carbonyl (C=O) groups is 3. The first kappa shape index (κ1) is 38.8. The SMILES string of the molecule is C#CCCCC(O)[C@H](O)C(CC1CCCCC1)NC(=O)[C@H](CC#CC)NC(=O)C(CC(=O)N(C)CCN(C)C)Cc1ccccc1. The molecule has 1 aromatic rings. The van der Waals surface area contributed by atoms with Crippen molar-refractivity contribution >= 4 is 17.7 Å². The van der Waals surface area contributed by atoms with Crippen LogP contribution in [0.1, 0.15) is 83.1 Å². The van der Waals surface area contributed by atoms with Gasteiger partial charge in [-0.15, -0.1) is 24.2 Å². The topological polar surface area (TPSA) is 122 Å². The fraction of sp³-hybridized carbons (Fsp3) is 0.649. The number of hydrogen-bond acceptors (Lipinski definition) is 6. The van der Waals surface area contributed by atoms with Crippen LogP contribution >= 0.6 is 0 Å². The van der Waals surface area contributed by atoms with Crippen LogP contribution in [0.25, 0.3) is 0 Å². The van der Waals surface area contributed by atoms with Gasteiger partial charge in [0.1, 0.15) is 6.04 Å². The van der Waals surface area contributed by atoms with Crippen molar-refractivity contribution in [3.05, 3.63) is 35.9 Å². The van der Waals surface area contributed by atoms with E-state index in [-0.39, 0.29) is 18.7 Å². The molecule has 2 rings (SSSR count). The van der Waals surface area contributed by atoms with Crippen LogP contribution in [0, 0.1) is 36.0 Å².